The first-order valence-corrected chi connectivity index (χ1v) is 7.84. The van der Waals surface area contributed by atoms with Gasteiger partial charge in [-0.2, -0.15) is 0 Å². The Morgan fingerprint density at radius 3 is 2.22 bits per heavy atom. The molecule has 2 rings (SSSR count). The highest BCUT2D eigenvalue weighted by Crippen LogP contribution is 2.15. The lowest BCUT2D eigenvalue weighted by Crippen LogP contribution is -2.16. The van der Waals surface area contributed by atoms with E-state index in [1.54, 1.807) is 12.1 Å². The number of carboxylic acids is 1. The molecule has 0 heterocycles. The van der Waals surface area contributed by atoms with Gasteiger partial charge >= 0.3 is 5.97 Å². The molecule has 4 nitrogen and oxygen atoms in total. The minimum atomic E-state index is -1.11. The summed E-state index contributed by atoms with van der Waals surface area (Å²) in [7, 11) is 0. The van der Waals surface area contributed by atoms with E-state index >= 15 is 0 Å². The molecule has 0 saturated carbocycles. The number of benzene rings is 2. The Balaban J connectivity index is 2.05. The van der Waals surface area contributed by atoms with E-state index in [1.807, 2.05) is 24.3 Å². The highest BCUT2D eigenvalue weighted by atomic mass is 16.4. The van der Waals surface area contributed by atoms with Gasteiger partial charge in [0.25, 0.3) is 5.91 Å². The highest BCUT2D eigenvalue weighted by Gasteiger charge is 2.15. The van der Waals surface area contributed by atoms with Crippen molar-refractivity contribution >= 4 is 17.6 Å². The van der Waals surface area contributed by atoms with Crippen molar-refractivity contribution in [3.05, 3.63) is 65.2 Å². The molecule has 0 aliphatic rings. The summed E-state index contributed by atoms with van der Waals surface area (Å²) >= 11 is 0. The average Bonchev–Trinajstić information content (AvgIpc) is 2.56. The molecule has 0 bridgehead atoms. The van der Waals surface area contributed by atoms with Gasteiger partial charge < -0.3 is 10.4 Å². The highest BCUT2D eigenvalue weighted by molar-refractivity contribution is 6.10. The van der Waals surface area contributed by atoms with Crippen molar-refractivity contribution < 1.29 is 14.7 Å². The van der Waals surface area contributed by atoms with E-state index in [0.717, 1.165) is 12.8 Å². The van der Waals surface area contributed by atoms with Crippen molar-refractivity contribution in [1.29, 1.82) is 0 Å². The monoisotopic (exact) mass is 311 g/mol. The SMILES string of the molecule is CCCCCc1ccc(NC(=O)c2ccccc2C(=O)O)cc1. The van der Waals surface area contributed by atoms with Gasteiger partial charge in [0.15, 0.2) is 0 Å². The maximum absolute atomic E-state index is 12.3. The molecule has 0 atom stereocenters. The van der Waals surface area contributed by atoms with Crippen molar-refractivity contribution in [3.63, 3.8) is 0 Å². The van der Waals surface area contributed by atoms with Gasteiger partial charge in [-0.1, -0.05) is 44.0 Å². The van der Waals surface area contributed by atoms with E-state index in [2.05, 4.69) is 12.2 Å². The third-order valence-corrected chi connectivity index (χ3v) is 3.68. The van der Waals surface area contributed by atoms with Gasteiger partial charge in [0.2, 0.25) is 0 Å². The maximum Gasteiger partial charge on any atom is 0.336 e. The smallest absolute Gasteiger partial charge is 0.336 e. The Hall–Kier alpha value is -2.62. The van der Waals surface area contributed by atoms with Crippen molar-refractivity contribution in [2.24, 2.45) is 0 Å². The predicted molar refractivity (Wildman–Crippen MR) is 91.0 cm³/mol. The van der Waals surface area contributed by atoms with Gasteiger partial charge in [-0.15, -0.1) is 0 Å². The summed E-state index contributed by atoms with van der Waals surface area (Å²) < 4.78 is 0. The molecule has 2 aromatic carbocycles. The van der Waals surface area contributed by atoms with Gasteiger partial charge in [-0.05, 0) is 42.7 Å². The van der Waals surface area contributed by atoms with E-state index in [9.17, 15) is 9.59 Å². The van der Waals surface area contributed by atoms with Crippen molar-refractivity contribution in [2.75, 3.05) is 5.32 Å². The van der Waals surface area contributed by atoms with Gasteiger partial charge in [-0.25, -0.2) is 4.79 Å². The Labute approximate surface area is 136 Å². The number of carbonyl (C=O) groups excluding carboxylic acids is 1. The molecule has 0 spiro atoms. The lowest BCUT2D eigenvalue weighted by Gasteiger charge is -2.08. The molecule has 2 N–H and O–H groups in total. The normalized spacial score (nSPS) is 10.3. The van der Waals surface area contributed by atoms with Crippen LogP contribution in [-0.2, 0) is 6.42 Å². The number of aromatic carboxylic acids is 1. The second-order valence-electron chi connectivity index (χ2n) is 5.46. The molecule has 0 aliphatic heterocycles. The summed E-state index contributed by atoms with van der Waals surface area (Å²) in [5.41, 5.74) is 2.06. The van der Waals surface area contributed by atoms with Gasteiger partial charge in [0, 0.05) is 5.69 Å². The molecule has 0 aromatic heterocycles. The van der Waals surface area contributed by atoms with E-state index in [1.165, 1.54) is 30.5 Å². The van der Waals surface area contributed by atoms with Gasteiger partial charge in [0.1, 0.15) is 0 Å². The molecule has 2 aromatic rings. The van der Waals surface area contributed by atoms with Gasteiger partial charge in [-0.3, -0.25) is 4.79 Å². The zero-order valence-electron chi connectivity index (χ0n) is 13.2. The third kappa shape index (κ3) is 4.68. The summed E-state index contributed by atoms with van der Waals surface area (Å²) in [6.07, 6.45) is 4.60. The zero-order valence-corrected chi connectivity index (χ0v) is 13.2. The molecule has 0 fully saturated rings. The predicted octanol–water partition coefficient (Wildman–Crippen LogP) is 4.37. The summed E-state index contributed by atoms with van der Waals surface area (Å²) in [6.45, 7) is 2.17. The Morgan fingerprint density at radius 1 is 0.957 bits per heavy atom. The number of carboxylic acid groups (broad SMARTS) is 1. The van der Waals surface area contributed by atoms with Crippen molar-refractivity contribution in [2.45, 2.75) is 32.6 Å². The molecular weight excluding hydrogens is 290 g/mol. The van der Waals surface area contributed by atoms with Crippen LogP contribution in [0, 0.1) is 0 Å². The average molecular weight is 311 g/mol. The fraction of sp³-hybridized carbons (Fsp3) is 0.263. The Morgan fingerprint density at radius 2 is 1.61 bits per heavy atom. The summed E-state index contributed by atoms with van der Waals surface area (Å²) in [4.78, 5) is 23.4. The number of amides is 1. The molecular formula is C19H21NO3. The minimum absolute atomic E-state index is 0.00110. The third-order valence-electron chi connectivity index (χ3n) is 3.68. The number of rotatable bonds is 7. The molecule has 120 valence electrons. The number of hydrogen-bond donors (Lipinski definition) is 2. The molecule has 0 unspecified atom stereocenters. The molecule has 0 saturated heterocycles. The maximum atomic E-state index is 12.3. The summed E-state index contributed by atoms with van der Waals surface area (Å²) in [5.74, 6) is -1.52. The number of carbonyl (C=O) groups is 2. The van der Waals surface area contributed by atoms with Crippen LogP contribution in [0.15, 0.2) is 48.5 Å². The van der Waals surface area contributed by atoms with Crippen LogP contribution in [-0.4, -0.2) is 17.0 Å². The van der Waals surface area contributed by atoms with Crippen LogP contribution in [0.25, 0.3) is 0 Å². The largest absolute Gasteiger partial charge is 0.478 e. The van der Waals surface area contributed by atoms with E-state index in [4.69, 9.17) is 5.11 Å². The van der Waals surface area contributed by atoms with Crippen LogP contribution in [0.5, 0.6) is 0 Å². The van der Waals surface area contributed by atoms with Gasteiger partial charge in [0.05, 0.1) is 11.1 Å². The first-order chi connectivity index (χ1) is 11.1. The molecule has 0 aliphatic carbocycles. The van der Waals surface area contributed by atoms with E-state index in [-0.39, 0.29) is 11.1 Å². The minimum Gasteiger partial charge on any atom is -0.478 e. The number of nitrogens with one attached hydrogen (secondary N) is 1. The van der Waals surface area contributed by atoms with Crippen LogP contribution >= 0.6 is 0 Å². The lowest BCUT2D eigenvalue weighted by atomic mass is 10.1. The number of aryl methyl sites for hydroxylation is 1. The fourth-order valence-corrected chi connectivity index (χ4v) is 2.40. The van der Waals surface area contributed by atoms with Crippen molar-refractivity contribution in [3.8, 4) is 0 Å². The lowest BCUT2D eigenvalue weighted by molar-refractivity contribution is 0.0692. The second kappa shape index (κ2) is 8.13. The molecule has 23 heavy (non-hydrogen) atoms. The molecule has 0 radical (unpaired) electrons. The first-order valence-electron chi connectivity index (χ1n) is 7.84. The van der Waals surface area contributed by atoms with Crippen LogP contribution in [0.4, 0.5) is 5.69 Å². The van der Waals surface area contributed by atoms with Crippen LogP contribution in [0.1, 0.15) is 52.5 Å². The van der Waals surface area contributed by atoms with E-state index < -0.39 is 11.9 Å². The summed E-state index contributed by atoms with van der Waals surface area (Å²) in [6, 6.07) is 13.9. The standard InChI is InChI=1S/C19H21NO3/c1-2-3-4-7-14-10-12-15(13-11-14)20-18(21)16-8-5-6-9-17(16)19(22)23/h5-6,8-13H,2-4,7H2,1H3,(H,20,21)(H,22,23). The van der Waals surface area contributed by atoms with Crippen molar-refractivity contribution in [1.82, 2.24) is 0 Å². The number of unbranched alkanes of at least 4 members (excludes halogenated alkanes) is 2. The Kier molecular flexibility index (Phi) is 5.92. The van der Waals surface area contributed by atoms with E-state index in [0.29, 0.717) is 5.69 Å². The number of hydrogen-bond acceptors (Lipinski definition) is 2. The molecule has 1 amide bonds. The number of anilines is 1. The van der Waals surface area contributed by atoms with Crippen LogP contribution < -0.4 is 5.32 Å². The summed E-state index contributed by atoms with van der Waals surface area (Å²) in [5, 5.41) is 11.9. The fourth-order valence-electron chi connectivity index (χ4n) is 2.40. The van der Waals surface area contributed by atoms with Crippen LogP contribution in [0.2, 0.25) is 0 Å². The quantitative estimate of drug-likeness (QED) is 0.746. The molecule has 4 heteroatoms. The second-order valence-corrected chi connectivity index (χ2v) is 5.46. The Bertz CT molecular complexity index is 677. The zero-order chi connectivity index (χ0) is 16.7. The topological polar surface area (TPSA) is 66.4 Å². The first kappa shape index (κ1) is 16.7. The van der Waals surface area contributed by atoms with Crippen LogP contribution in [0.3, 0.4) is 0 Å².